The van der Waals surface area contributed by atoms with Crippen molar-refractivity contribution in [2.24, 2.45) is 0 Å². The molecule has 0 radical (unpaired) electrons. The standard InChI is InChI=1S/C23H31N5O/c1-16(29)28-12-6-9-23(15-28)10-8-18-19(23)26-21(22(2,3)4)27-20(18)25-14-17-7-5-11-24-13-17/h5,7,11,13H,6,8-10,12,14-15H2,1-4H3,(H,25,26,27). The first kappa shape index (κ1) is 19.8. The normalized spacial score (nSPS) is 21.3. The van der Waals surface area contributed by atoms with E-state index < -0.39 is 0 Å². The molecule has 4 rings (SSSR count). The Labute approximate surface area is 173 Å². The van der Waals surface area contributed by atoms with Gasteiger partial charge in [0, 0.05) is 55.3 Å². The Kier molecular flexibility index (Phi) is 5.05. The zero-order valence-electron chi connectivity index (χ0n) is 18.0. The average Bonchev–Trinajstić information content (AvgIpc) is 3.04. The van der Waals surface area contributed by atoms with Crippen LogP contribution < -0.4 is 5.32 Å². The zero-order valence-corrected chi connectivity index (χ0v) is 18.0. The summed E-state index contributed by atoms with van der Waals surface area (Å²) in [6.45, 7) is 10.5. The molecular formula is C23H31N5O. The molecule has 0 aromatic carbocycles. The van der Waals surface area contributed by atoms with Crippen molar-refractivity contribution in [2.75, 3.05) is 18.4 Å². The molecule has 6 heteroatoms. The number of amides is 1. The van der Waals surface area contributed by atoms with E-state index in [9.17, 15) is 4.79 Å². The molecule has 1 atom stereocenters. The summed E-state index contributed by atoms with van der Waals surface area (Å²) in [5.41, 5.74) is 3.35. The Morgan fingerprint density at radius 1 is 1.28 bits per heavy atom. The molecule has 2 aromatic rings. The van der Waals surface area contributed by atoms with Gasteiger partial charge >= 0.3 is 0 Å². The quantitative estimate of drug-likeness (QED) is 0.863. The summed E-state index contributed by atoms with van der Waals surface area (Å²) in [6.07, 6.45) is 7.79. The molecule has 1 fully saturated rings. The van der Waals surface area contributed by atoms with Crippen LogP contribution in [0.5, 0.6) is 0 Å². The second kappa shape index (κ2) is 7.39. The Morgan fingerprint density at radius 3 is 2.79 bits per heavy atom. The van der Waals surface area contributed by atoms with E-state index in [-0.39, 0.29) is 16.7 Å². The Hall–Kier alpha value is -2.50. The van der Waals surface area contributed by atoms with E-state index >= 15 is 0 Å². The highest BCUT2D eigenvalue weighted by molar-refractivity contribution is 5.73. The van der Waals surface area contributed by atoms with Crippen molar-refractivity contribution in [3.63, 3.8) is 0 Å². The summed E-state index contributed by atoms with van der Waals surface area (Å²) in [5.74, 6) is 1.98. The number of carbonyl (C=O) groups is 1. The van der Waals surface area contributed by atoms with Crippen molar-refractivity contribution in [3.05, 3.63) is 47.2 Å². The monoisotopic (exact) mass is 393 g/mol. The molecule has 6 nitrogen and oxygen atoms in total. The van der Waals surface area contributed by atoms with E-state index in [0.717, 1.165) is 61.7 Å². The van der Waals surface area contributed by atoms with Gasteiger partial charge in [0.25, 0.3) is 0 Å². The minimum absolute atomic E-state index is 0.0348. The first-order chi connectivity index (χ1) is 13.8. The predicted octanol–water partition coefficient (Wildman–Crippen LogP) is 3.61. The second-order valence-electron chi connectivity index (χ2n) is 9.51. The largest absolute Gasteiger partial charge is 0.366 e. The molecular weight excluding hydrogens is 362 g/mol. The lowest BCUT2D eigenvalue weighted by molar-refractivity contribution is -0.131. The fourth-order valence-electron chi connectivity index (χ4n) is 4.61. The third-order valence-corrected chi connectivity index (χ3v) is 6.24. The second-order valence-corrected chi connectivity index (χ2v) is 9.51. The summed E-state index contributed by atoms with van der Waals surface area (Å²) in [5, 5.41) is 3.56. The van der Waals surface area contributed by atoms with Gasteiger partial charge < -0.3 is 10.2 Å². The molecule has 3 heterocycles. The summed E-state index contributed by atoms with van der Waals surface area (Å²) in [4.78, 5) is 28.3. The van der Waals surface area contributed by atoms with Crippen molar-refractivity contribution in [2.45, 2.75) is 70.8 Å². The summed E-state index contributed by atoms with van der Waals surface area (Å²) < 4.78 is 0. The third-order valence-electron chi connectivity index (χ3n) is 6.24. The van der Waals surface area contributed by atoms with Gasteiger partial charge in [0.1, 0.15) is 11.6 Å². The van der Waals surface area contributed by atoms with Crippen LogP contribution in [0, 0.1) is 0 Å². The molecule has 1 unspecified atom stereocenters. The number of nitrogens with one attached hydrogen (secondary N) is 1. The number of pyridine rings is 1. The van der Waals surface area contributed by atoms with Gasteiger partial charge in [-0.25, -0.2) is 9.97 Å². The highest BCUT2D eigenvalue weighted by Gasteiger charge is 2.45. The SMILES string of the molecule is CC(=O)N1CCCC2(CCc3c(NCc4cccnc4)nc(C(C)(C)C)nc32)C1. The number of hydrogen-bond acceptors (Lipinski definition) is 5. The molecule has 154 valence electrons. The van der Waals surface area contributed by atoms with Gasteiger partial charge in [-0.05, 0) is 37.3 Å². The lowest BCUT2D eigenvalue weighted by Gasteiger charge is -2.40. The van der Waals surface area contributed by atoms with Crippen LogP contribution in [0.1, 0.15) is 69.6 Å². The number of likely N-dealkylation sites (tertiary alicyclic amines) is 1. The molecule has 0 saturated carbocycles. The Morgan fingerprint density at radius 2 is 2.10 bits per heavy atom. The van der Waals surface area contributed by atoms with Crippen molar-refractivity contribution in [1.82, 2.24) is 19.9 Å². The van der Waals surface area contributed by atoms with Gasteiger partial charge in [-0.15, -0.1) is 0 Å². The van der Waals surface area contributed by atoms with Crippen LogP contribution in [0.4, 0.5) is 5.82 Å². The fraction of sp³-hybridized carbons (Fsp3) is 0.565. The molecule has 1 aliphatic heterocycles. The van der Waals surface area contributed by atoms with Crippen LogP contribution in [-0.2, 0) is 28.6 Å². The number of piperidine rings is 1. The van der Waals surface area contributed by atoms with E-state index in [0.29, 0.717) is 6.54 Å². The van der Waals surface area contributed by atoms with Crippen molar-refractivity contribution in [1.29, 1.82) is 0 Å². The van der Waals surface area contributed by atoms with E-state index in [4.69, 9.17) is 9.97 Å². The Bertz CT molecular complexity index is 905. The zero-order chi connectivity index (χ0) is 20.6. The van der Waals surface area contributed by atoms with Crippen LogP contribution in [0.2, 0.25) is 0 Å². The topological polar surface area (TPSA) is 71.0 Å². The molecule has 2 aromatic heterocycles. The number of rotatable bonds is 3. The molecule has 1 spiro atoms. The molecule has 1 amide bonds. The van der Waals surface area contributed by atoms with Crippen LogP contribution in [0.3, 0.4) is 0 Å². The minimum atomic E-state index is -0.140. The van der Waals surface area contributed by atoms with Crippen LogP contribution in [0.15, 0.2) is 24.5 Å². The maximum atomic E-state index is 12.1. The van der Waals surface area contributed by atoms with Gasteiger partial charge in [-0.2, -0.15) is 0 Å². The average molecular weight is 394 g/mol. The van der Waals surface area contributed by atoms with E-state index in [1.807, 2.05) is 17.2 Å². The molecule has 1 saturated heterocycles. The molecule has 1 N–H and O–H groups in total. The van der Waals surface area contributed by atoms with Crippen LogP contribution in [0.25, 0.3) is 0 Å². The lowest BCUT2D eigenvalue weighted by atomic mass is 9.77. The van der Waals surface area contributed by atoms with Crippen LogP contribution in [-0.4, -0.2) is 38.8 Å². The number of aromatic nitrogens is 3. The first-order valence-electron chi connectivity index (χ1n) is 10.6. The van der Waals surface area contributed by atoms with Gasteiger partial charge in [0.05, 0.1) is 5.69 Å². The summed E-state index contributed by atoms with van der Waals surface area (Å²) in [6, 6.07) is 4.02. The Balaban J connectivity index is 1.72. The van der Waals surface area contributed by atoms with Crippen molar-refractivity contribution < 1.29 is 4.79 Å². The fourth-order valence-corrected chi connectivity index (χ4v) is 4.61. The molecule has 29 heavy (non-hydrogen) atoms. The number of fused-ring (bicyclic) bond motifs is 2. The highest BCUT2D eigenvalue weighted by Crippen LogP contribution is 2.46. The van der Waals surface area contributed by atoms with Gasteiger partial charge in [-0.1, -0.05) is 26.8 Å². The summed E-state index contributed by atoms with van der Waals surface area (Å²) in [7, 11) is 0. The summed E-state index contributed by atoms with van der Waals surface area (Å²) >= 11 is 0. The van der Waals surface area contributed by atoms with Crippen molar-refractivity contribution >= 4 is 11.7 Å². The first-order valence-corrected chi connectivity index (χ1v) is 10.6. The molecule has 1 aliphatic carbocycles. The van der Waals surface area contributed by atoms with Gasteiger partial charge in [-0.3, -0.25) is 9.78 Å². The van der Waals surface area contributed by atoms with Crippen LogP contribution >= 0.6 is 0 Å². The maximum Gasteiger partial charge on any atom is 0.219 e. The highest BCUT2D eigenvalue weighted by atomic mass is 16.2. The van der Waals surface area contributed by atoms with E-state index in [1.54, 1.807) is 13.1 Å². The third kappa shape index (κ3) is 3.85. The molecule has 2 aliphatic rings. The van der Waals surface area contributed by atoms with Gasteiger partial charge in [0.2, 0.25) is 5.91 Å². The van der Waals surface area contributed by atoms with E-state index in [1.165, 1.54) is 5.56 Å². The van der Waals surface area contributed by atoms with E-state index in [2.05, 4.69) is 37.1 Å². The number of hydrogen-bond donors (Lipinski definition) is 1. The predicted molar refractivity (Wildman–Crippen MR) is 114 cm³/mol. The molecule has 0 bridgehead atoms. The number of anilines is 1. The number of nitrogens with zero attached hydrogens (tertiary/aromatic N) is 4. The number of carbonyl (C=O) groups excluding carboxylic acids is 1. The van der Waals surface area contributed by atoms with Crippen molar-refractivity contribution in [3.8, 4) is 0 Å². The minimum Gasteiger partial charge on any atom is -0.366 e. The van der Waals surface area contributed by atoms with Gasteiger partial charge in [0.15, 0.2) is 0 Å². The smallest absolute Gasteiger partial charge is 0.219 e. The maximum absolute atomic E-state index is 12.1. The lowest BCUT2D eigenvalue weighted by Crippen LogP contribution is -2.47.